The van der Waals surface area contributed by atoms with Crippen LogP contribution in [0.2, 0.25) is 0 Å². The molecule has 1 aromatic heterocycles. The summed E-state index contributed by atoms with van der Waals surface area (Å²) >= 11 is 0. The van der Waals surface area contributed by atoms with Gasteiger partial charge in [0, 0.05) is 32.5 Å². The minimum Gasteiger partial charge on any atom is -0.459 e. The largest absolute Gasteiger partial charge is 0.459 e. The van der Waals surface area contributed by atoms with Crippen LogP contribution in [0.4, 0.5) is 11.4 Å². The van der Waals surface area contributed by atoms with Crippen LogP contribution in [-0.4, -0.2) is 62.8 Å². The molecule has 4 rings (SSSR count). The van der Waals surface area contributed by atoms with Crippen molar-refractivity contribution in [2.24, 2.45) is 0 Å². The molecule has 1 fully saturated rings. The van der Waals surface area contributed by atoms with Crippen LogP contribution in [0, 0.1) is 0 Å². The maximum atomic E-state index is 13.1. The van der Waals surface area contributed by atoms with Gasteiger partial charge in [-0.15, -0.1) is 0 Å². The Balaban J connectivity index is 1.69. The molecule has 1 aromatic carbocycles. The zero-order valence-corrected chi connectivity index (χ0v) is 17.9. The molecule has 30 heavy (non-hydrogen) atoms. The standard InChI is InChI=1S/C22H29N5O3/c1-14-13-26(21(29)20-6-5-9-30-20)19-10-16(7-8-18(19)27(14)15(2)28)17-11-23-22(24-12-17)25(3)4/h5-10,14,17,22-24H,11-13H2,1-4H3/t14-,17?,22?/m0/s1. The van der Waals surface area contributed by atoms with E-state index in [1.165, 1.54) is 6.26 Å². The van der Waals surface area contributed by atoms with Gasteiger partial charge in [-0.2, -0.15) is 0 Å². The molecule has 0 aliphatic carbocycles. The molecule has 1 atom stereocenters. The van der Waals surface area contributed by atoms with Crippen LogP contribution < -0.4 is 20.4 Å². The van der Waals surface area contributed by atoms with E-state index in [9.17, 15) is 9.59 Å². The fourth-order valence-electron chi connectivity index (χ4n) is 4.35. The third-order valence-corrected chi connectivity index (χ3v) is 5.86. The lowest BCUT2D eigenvalue weighted by Crippen LogP contribution is -2.58. The quantitative estimate of drug-likeness (QED) is 0.802. The summed E-state index contributed by atoms with van der Waals surface area (Å²) in [6.45, 7) is 5.59. The summed E-state index contributed by atoms with van der Waals surface area (Å²) in [5.74, 6) is 0.333. The molecule has 0 radical (unpaired) electrons. The Bertz CT molecular complexity index is 919. The number of rotatable bonds is 3. The molecular formula is C22H29N5O3. The van der Waals surface area contributed by atoms with Crippen molar-refractivity contribution in [2.75, 3.05) is 43.5 Å². The third-order valence-electron chi connectivity index (χ3n) is 5.86. The van der Waals surface area contributed by atoms with E-state index in [4.69, 9.17) is 4.42 Å². The van der Waals surface area contributed by atoms with Crippen molar-refractivity contribution in [1.29, 1.82) is 0 Å². The number of carbonyl (C=O) groups is 2. The summed E-state index contributed by atoms with van der Waals surface area (Å²) in [5, 5.41) is 6.98. The van der Waals surface area contributed by atoms with Gasteiger partial charge in [0.2, 0.25) is 5.91 Å². The topological polar surface area (TPSA) is 81.1 Å². The average Bonchev–Trinajstić information content (AvgIpc) is 3.27. The Kier molecular flexibility index (Phi) is 5.64. The SMILES string of the molecule is CC(=O)N1c2ccc(C3CNC(N(C)C)NC3)cc2N(C(=O)c2ccco2)C[C@@H]1C. The zero-order valence-electron chi connectivity index (χ0n) is 17.9. The van der Waals surface area contributed by atoms with E-state index in [2.05, 4.69) is 21.6 Å². The molecule has 0 saturated carbocycles. The highest BCUT2D eigenvalue weighted by atomic mass is 16.3. The van der Waals surface area contributed by atoms with Gasteiger partial charge >= 0.3 is 0 Å². The van der Waals surface area contributed by atoms with Crippen molar-refractivity contribution >= 4 is 23.2 Å². The van der Waals surface area contributed by atoms with Crippen LogP contribution in [0.1, 0.15) is 35.9 Å². The van der Waals surface area contributed by atoms with Gasteiger partial charge in [0.15, 0.2) is 5.76 Å². The summed E-state index contributed by atoms with van der Waals surface area (Å²) in [7, 11) is 4.05. The Hall–Kier alpha value is -2.68. The van der Waals surface area contributed by atoms with Gasteiger partial charge in [0.1, 0.15) is 6.29 Å². The Morgan fingerprint density at radius 3 is 2.47 bits per heavy atom. The van der Waals surface area contributed by atoms with E-state index in [1.54, 1.807) is 28.9 Å². The van der Waals surface area contributed by atoms with Crippen molar-refractivity contribution in [2.45, 2.75) is 32.1 Å². The molecular weight excluding hydrogens is 382 g/mol. The van der Waals surface area contributed by atoms with Gasteiger partial charge in [-0.3, -0.25) is 25.1 Å². The number of fused-ring (bicyclic) bond motifs is 1. The lowest BCUT2D eigenvalue weighted by atomic mass is 9.94. The van der Waals surface area contributed by atoms with Crippen molar-refractivity contribution in [3.8, 4) is 0 Å². The van der Waals surface area contributed by atoms with E-state index in [0.29, 0.717) is 12.3 Å². The molecule has 2 aliphatic heterocycles. The summed E-state index contributed by atoms with van der Waals surface area (Å²) in [6.07, 6.45) is 1.64. The third kappa shape index (κ3) is 3.74. The van der Waals surface area contributed by atoms with Crippen molar-refractivity contribution in [1.82, 2.24) is 15.5 Å². The number of furan rings is 1. The first kappa shape index (κ1) is 20.6. The van der Waals surface area contributed by atoms with Crippen LogP contribution in [0.25, 0.3) is 0 Å². The fraction of sp³-hybridized carbons (Fsp3) is 0.455. The van der Waals surface area contributed by atoms with Crippen LogP contribution in [0.5, 0.6) is 0 Å². The van der Waals surface area contributed by atoms with Gasteiger partial charge in [0.25, 0.3) is 5.91 Å². The molecule has 3 heterocycles. The summed E-state index contributed by atoms with van der Waals surface area (Å²) in [4.78, 5) is 31.1. The first-order chi connectivity index (χ1) is 14.4. The van der Waals surface area contributed by atoms with E-state index < -0.39 is 0 Å². The highest BCUT2D eigenvalue weighted by molar-refractivity contribution is 6.09. The smallest absolute Gasteiger partial charge is 0.294 e. The molecule has 8 heteroatoms. The van der Waals surface area contributed by atoms with E-state index in [-0.39, 0.29) is 30.1 Å². The van der Waals surface area contributed by atoms with Crippen molar-refractivity contribution in [3.63, 3.8) is 0 Å². The second kappa shape index (κ2) is 8.22. The molecule has 2 aromatic rings. The van der Waals surface area contributed by atoms with Gasteiger partial charge in [0.05, 0.1) is 23.7 Å². The summed E-state index contributed by atoms with van der Waals surface area (Å²) in [6, 6.07) is 9.32. The van der Waals surface area contributed by atoms with Gasteiger partial charge < -0.3 is 14.2 Å². The molecule has 8 nitrogen and oxygen atoms in total. The number of nitrogens with one attached hydrogen (secondary N) is 2. The lowest BCUT2D eigenvalue weighted by molar-refractivity contribution is -0.117. The number of amides is 2. The second-order valence-corrected chi connectivity index (χ2v) is 8.26. The van der Waals surface area contributed by atoms with Gasteiger partial charge in [-0.05, 0) is 50.8 Å². The molecule has 160 valence electrons. The molecule has 0 unspecified atom stereocenters. The second-order valence-electron chi connectivity index (χ2n) is 8.26. The predicted octanol–water partition coefficient (Wildman–Crippen LogP) is 1.80. The molecule has 2 N–H and O–H groups in total. The van der Waals surface area contributed by atoms with Crippen molar-refractivity contribution in [3.05, 3.63) is 47.9 Å². The maximum absolute atomic E-state index is 13.1. The average molecular weight is 412 g/mol. The number of hydrogen-bond donors (Lipinski definition) is 2. The van der Waals surface area contributed by atoms with Crippen molar-refractivity contribution < 1.29 is 14.0 Å². The van der Waals surface area contributed by atoms with Crippen LogP contribution in [0.3, 0.4) is 0 Å². The minimum atomic E-state index is -0.194. The van der Waals surface area contributed by atoms with Crippen LogP contribution >= 0.6 is 0 Å². The molecule has 2 aliphatic rings. The number of benzene rings is 1. The number of anilines is 2. The highest BCUT2D eigenvalue weighted by Gasteiger charge is 2.35. The summed E-state index contributed by atoms with van der Waals surface area (Å²) < 4.78 is 5.36. The first-order valence-electron chi connectivity index (χ1n) is 10.3. The Labute approximate surface area is 176 Å². The first-order valence-corrected chi connectivity index (χ1v) is 10.3. The van der Waals surface area contributed by atoms with Gasteiger partial charge in [-0.25, -0.2) is 0 Å². The maximum Gasteiger partial charge on any atom is 0.294 e. The van der Waals surface area contributed by atoms with Gasteiger partial charge in [-0.1, -0.05) is 6.07 Å². The number of hydrogen-bond acceptors (Lipinski definition) is 6. The summed E-state index contributed by atoms with van der Waals surface area (Å²) in [5.41, 5.74) is 2.63. The predicted molar refractivity (Wildman–Crippen MR) is 116 cm³/mol. The van der Waals surface area contributed by atoms with Crippen LogP contribution in [-0.2, 0) is 4.79 Å². The van der Waals surface area contributed by atoms with E-state index >= 15 is 0 Å². The highest BCUT2D eigenvalue weighted by Crippen LogP contribution is 2.38. The molecule has 2 amide bonds. The molecule has 0 bridgehead atoms. The monoisotopic (exact) mass is 411 g/mol. The Morgan fingerprint density at radius 2 is 1.87 bits per heavy atom. The molecule has 1 saturated heterocycles. The van der Waals surface area contributed by atoms with Crippen LogP contribution in [0.15, 0.2) is 41.0 Å². The fourth-order valence-corrected chi connectivity index (χ4v) is 4.35. The normalized spacial score (nSPS) is 24.1. The number of nitrogens with zero attached hydrogens (tertiary/aromatic N) is 3. The zero-order chi connectivity index (χ0) is 21.4. The Morgan fingerprint density at radius 1 is 1.13 bits per heavy atom. The molecule has 0 spiro atoms. The number of carbonyl (C=O) groups excluding carboxylic acids is 2. The van der Waals surface area contributed by atoms with E-state index in [1.807, 2.05) is 33.2 Å². The minimum absolute atomic E-state index is 0.0311. The lowest BCUT2D eigenvalue weighted by Gasteiger charge is -2.41. The van der Waals surface area contributed by atoms with E-state index in [0.717, 1.165) is 30.0 Å².